The molecule has 166 valence electrons. The minimum Gasteiger partial charge on any atom is -0.451 e. The number of alkyl halides is 3. The first-order valence-corrected chi connectivity index (χ1v) is 9.29. The molecule has 1 amide bonds. The van der Waals surface area contributed by atoms with Gasteiger partial charge in [0.1, 0.15) is 5.58 Å². The van der Waals surface area contributed by atoms with Gasteiger partial charge in [-0.3, -0.25) is 9.59 Å². The molecule has 2 aromatic carbocycles. The number of hydrogen-bond acceptors (Lipinski definition) is 4. The van der Waals surface area contributed by atoms with E-state index in [1.54, 1.807) is 25.1 Å². The van der Waals surface area contributed by atoms with Gasteiger partial charge in [-0.2, -0.15) is 13.2 Å². The second-order valence-corrected chi connectivity index (χ2v) is 7.36. The molecule has 0 saturated carbocycles. The average Bonchev–Trinajstić information content (AvgIpc) is 2.67. The van der Waals surface area contributed by atoms with E-state index in [1.165, 1.54) is 24.3 Å². The van der Waals surface area contributed by atoms with Crippen molar-refractivity contribution in [3.05, 3.63) is 80.7 Å². The van der Waals surface area contributed by atoms with Crippen molar-refractivity contribution < 1.29 is 22.4 Å². The van der Waals surface area contributed by atoms with Gasteiger partial charge in [-0.25, -0.2) is 0 Å². The molecule has 1 aromatic heterocycles. The number of likely N-dealkylation sites (N-methyl/N-ethyl adjacent to an activating group) is 1. The lowest BCUT2D eigenvalue weighted by atomic mass is 10.0. The standard InChI is InChI=1S/C21H18ClF3N2O3.ClH/c1-27(2)16(12-4-3-5-13(8-12)21(23,24)25)11-26-20(29)19-10-17(28)15-9-14(22)6-7-18(15)30-19;/h3-10,16H,11H2,1-2H3,(H,26,29);1H. The van der Waals surface area contributed by atoms with E-state index in [-0.39, 0.29) is 35.7 Å². The first kappa shape index (κ1) is 24.7. The van der Waals surface area contributed by atoms with Gasteiger partial charge in [-0.1, -0.05) is 23.7 Å². The first-order chi connectivity index (χ1) is 14.1. The maximum Gasteiger partial charge on any atom is 0.416 e. The van der Waals surface area contributed by atoms with E-state index in [1.807, 2.05) is 0 Å². The van der Waals surface area contributed by atoms with Crippen LogP contribution in [0.25, 0.3) is 11.0 Å². The third-order valence-corrected chi connectivity index (χ3v) is 4.83. The first-order valence-electron chi connectivity index (χ1n) is 8.91. The van der Waals surface area contributed by atoms with E-state index in [2.05, 4.69) is 5.32 Å². The Labute approximate surface area is 187 Å². The predicted molar refractivity (Wildman–Crippen MR) is 115 cm³/mol. The molecular formula is C21H19Cl2F3N2O3. The molecule has 0 saturated heterocycles. The molecule has 3 rings (SSSR count). The van der Waals surface area contributed by atoms with Crippen LogP contribution in [0.4, 0.5) is 13.2 Å². The zero-order valence-corrected chi connectivity index (χ0v) is 18.1. The molecule has 0 aliphatic heterocycles. The summed E-state index contributed by atoms with van der Waals surface area (Å²) in [6.45, 7) is 0.00943. The normalized spacial score (nSPS) is 12.5. The van der Waals surface area contributed by atoms with Gasteiger partial charge in [0.15, 0.2) is 11.2 Å². The Balaban J connectivity index is 0.00000341. The fraction of sp³-hybridized carbons (Fsp3) is 0.238. The summed E-state index contributed by atoms with van der Waals surface area (Å²) in [6.07, 6.45) is -4.46. The summed E-state index contributed by atoms with van der Waals surface area (Å²) in [5, 5.41) is 3.23. The van der Waals surface area contributed by atoms with Crippen LogP contribution in [-0.4, -0.2) is 31.4 Å². The van der Waals surface area contributed by atoms with Crippen molar-refractivity contribution >= 4 is 40.9 Å². The van der Waals surface area contributed by atoms with Crippen LogP contribution < -0.4 is 10.7 Å². The van der Waals surface area contributed by atoms with Crippen LogP contribution in [0.1, 0.15) is 27.7 Å². The van der Waals surface area contributed by atoms with Crippen LogP contribution in [0, 0.1) is 0 Å². The molecule has 1 N–H and O–H groups in total. The average molecular weight is 475 g/mol. The zero-order valence-electron chi connectivity index (χ0n) is 16.5. The highest BCUT2D eigenvalue weighted by atomic mass is 35.5. The maximum atomic E-state index is 13.0. The maximum absolute atomic E-state index is 13.0. The number of benzene rings is 2. The van der Waals surface area contributed by atoms with Gasteiger partial charge in [0.25, 0.3) is 5.91 Å². The molecule has 0 fully saturated rings. The number of hydrogen-bond donors (Lipinski definition) is 1. The zero-order chi connectivity index (χ0) is 22.1. The van der Waals surface area contributed by atoms with Crippen molar-refractivity contribution in [2.75, 3.05) is 20.6 Å². The summed E-state index contributed by atoms with van der Waals surface area (Å²) in [6, 6.07) is 9.92. The van der Waals surface area contributed by atoms with Crippen LogP contribution >= 0.6 is 24.0 Å². The summed E-state index contributed by atoms with van der Waals surface area (Å²) in [7, 11) is 3.38. The second-order valence-electron chi connectivity index (χ2n) is 6.93. The molecule has 0 spiro atoms. The molecule has 31 heavy (non-hydrogen) atoms. The van der Waals surface area contributed by atoms with Crippen molar-refractivity contribution in [1.82, 2.24) is 10.2 Å². The minimum atomic E-state index is -4.46. The van der Waals surface area contributed by atoms with E-state index in [0.29, 0.717) is 10.6 Å². The Morgan fingerprint density at radius 2 is 1.87 bits per heavy atom. The summed E-state index contributed by atoms with van der Waals surface area (Å²) < 4.78 is 44.6. The Morgan fingerprint density at radius 3 is 2.52 bits per heavy atom. The van der Waals surface area contributed by atoms with Crippen molar-refractivity contribution in [2.45, 2.75) is 12.2 Å². The Morgan fingerprint density at radius 1 is 1.16 bits per heavy atom. The molecule has 10 heteroatoms. The molecule has 1 heterocycles. The van der Waals surface area contributed by atoms with Gasteiger partial charge >= 0.3 is 6.18 Å². The fourth-order valence-electron chi connectivity index (χ4n) is 3.04. The lowest BCUT2D eigenvalue weighted by Crippen LogP contribution is -2.35. The molecule has 5 nitrogen and oxygen atoms in total. The fourth-order valence-corrected chi connectivity index (χ4v) is 3.21. The Hall–Kier alpha value is -2.55. The summed E-state index contributed by atoms with van der Waals surface area (Å²) >= 11 is 5.87. The molecule has 0 aliphatic rings. The van der Waals surface area contributed by atoms with E-state index in [4.69, 9.17) is 16.0 Å². The van der Waals surface area contributed by atoms with Gasteiger partial charge in [0.05, 0.1) is 17.0 Å². The van der Waals surface area contributed by atoms with E-state index in [9.17, 15) is 22.8 Å². The molecule has 1 unspecified atom stereocenters. The predicted octanol–water partition coefficient (Wildman–Crippen LogP) is 4.92. The quantitative estimate of drug-likeness (QED) is 0.569. The van der Waals surface area contributed by atoms with E-state index in [0.717, 1.165) is 18.2 Å². The molecule has 0 aliphatic carbocycles. The van der Waals surface area contributed by atoms with Gasteiger partial charge in [0, 0.05) is 17.6 Å². The monoisotopic (exact) mass is 474 g/mol. The van der Waals surface area contributed by atoms with E-state index >= 15 is 0 Å². The summed E-state index contributed by atoms with van der Waals surface area (Å²) in [5.41, 5.74) is -0.591. The molecular weight excluding hydrogens is 456 g/mol. The number of amides is 1. The second kappa shape index (κ2) is 9.72. The SMILES string of the molecule is CN(C)C(CNC(=O)c1cc(=O)c2cc(Cl)ccc2o1)c1cccc(C(F)(F)F)c1.Cl. The molecule has 0 bridgehead atoms. The Bertz CT molecular complexity index is 1150. The van der Waals surface area contributed by atoms with Crippen LogP contribution in [0.2, 0.25) is 5.02 Å². The van der Waals surface area contributed by atoms with Crippen molar-refractivity contribution in [3.63, 3.8) is 0 Å². The van der Waals surface area contributed by atoms with Crippen LogP contribution in [0.5, 0.6) is 0 Å². The topological polar surface area (TPSA) is 62.6 Å². The molecule has 1 atom stereocenters. The number of nitrogens with zero attached hydrogens (tertiary/aromatic N) is 1. The molecule has 3 aromatic rings. The van der Waals surface area contributed by atoms with Crippen LogP contribution in [-0.2, 0) is 6.18 Å². The number of rotatable bonds is 5. The highest BCUT2D eigenvalue weighted by Gasteiger charge is 2.31. The lowest BCUT2D eigenvalue weighted by Gasteiger charge is -2.25. The summed E-state index contributed by atoms with van der Waals surface area (Å²) in [5.74, 6) is -0.848. The van der Waals surface area contributed by atoms with Gasteiger partial charge < -0.3 is 14.6 Å². The number of carbonyl (C=O) groups is 1. The highest BCUT2D eigenvalue weighted by Crippen LogP contribution is 2.31. The van der Waals surface area contributed by atoms with Crippen molar-refractivity contribution in [2.24, 2.45) is 0 Å². The van der Waals surface area contributed by atoms with Crippen LogP contribution in [0.15, 0.2) is 57.7 Å². The minimum absolute atomic E-state index is 0. The Kier molecular flexibility index (Phi) is 7.75. The highest BCUT2D eigenvalue weighted by molar-refractivity contribution is 6.31. The van der Waals surface area contributed by atoms with Gasteiger partial charge in [-0.05, 0) is 50.0 Å². The number of fused-ring (bicyclic) bond motifs is 1. The number of nitrogens with one attached hydrogen (secondary N) is 1. The number of carbonyl (C=O) groups excluding carboxylic acids is 1. The molecule has 0 radical (unpaired) electrons. The smallest absolute Gasteiger partial charge is 0.416 e. The van der Waals surface area contributed by atoms with Crippen molar-refractivity contribution in [3.8, 4) is 0 Å². The largest absolute Gasteiger partial charge is 0.451 e. The number of halogens is 5. The van der Waals surface area contributed by atoms with Crippen molar-refractivity contribution in [1.29, 1.82) is 0 Å². The third kappa shape index (κ3) is 5.78. The van der Waals surface area contributed by atoms with Crippen LogP contribution in [0.3, 0.4) is 0 Å². The van der Waals surface area contributed by atoms with Gasteiger partial charge in [-0.15, -0.1) is 12.4 Å². The third-order valence-electron chi connectivity index (χ3n) is 4.59. The lowest BCUT2D eigenvalue weighted by molar-refractivity contribution is -0.137. The van der Waals surface area contributed by atoms with Gasteiger partial charge in [0.2, 0.25) is 0 Å². The van der Waals surface area contributed by atoms with E-state index < -0.39 is 29.1 Å². The summed E-state index contributed by atoms with van der Waals surface area (Å²) in [4.78, 5) is 26.5.